The summed E-state index contributed by atoms with van der Waals surface area (Å²) in [6, 6.07) is 3.10. The summed E-state index contributed by atoms with van der Waals surface area (Å²) in [5.41, 5.74) is -4.26. The molecular formula is C11H9ClF3NO4. The minimum atomic E-state index is -5.19. The van der Waals surface area contributed by atoms with Crippen LogP contribution in [0.4, 0.5) is 18.9 Å². The molecule has 1 aromatic carbocycles. The van der Waals surface area contributed by atoms with Gasteiger partial charge in [0, 0.05) is 0 Å². The van der Waals surface area contributed by atoms with Crippen LogP contribution in [-0.4, -0.2) is 33.9 Å². The molecule has 1 amide bonds. The summed E-state index contributed by atoms with van der Waals surface area (Å²) in [4.78, 5) is 22.1. The molecule has 0 bridgehead atoms. The Kier molecular flexibility index (Phi) is 4.30. The highest BCUT2D eigenvalue weighted by atomic mass is 35.5. The van der Waals surface area contributed by atoms with E-state index in [1.54, 1.807) is 5.32 Å². The van der Waals surface area contributed by atoms with Gasteiger partial charge in [-0.15, -0.1) is 0 Å². The minimum absolute atomic E-state index is 0.165. The molecule has 0 saturated carbocycles. The molecule has 1 aromatic rings. The fourth-order valence-corrected chi connectivity index (χ4v) is 1.29. The Morgan fingerprint density at radius 1 is 1.30 bits per heavy atom. The van der Waals surface area contributed by atoms with Crippen LogP contribution < -0.4 is 5.32 Å². The number of amides is 1. The van der Waals surface area contributed by atoms with Crippen molar-refractivity contribution in [3.8, 4) is 0 Å². The molecule has 0 spiro atoms. The van der Waals surface area contributed by atoms with Crippen molar-refractivity contribution in [3.63, 3.8) is 0 Å². The van der Waals surface area contributed by atoms with Crippen LogP contribution in [0, 0.1) is 0 Å². The van der Waals surface area contributed by atoms with E-state index in [9.17, 15) is 22.8 Å². The molecule has 0 aliphatic heterocycles. The number of aromatic carboxylic acids is 1. The van der Waals surface area contributed by atoms with Gasteiger partial charge in [0.15, 0.2) is 0 Å². The van der Waals surface area contributed by atoms with E-state index in [-0.39, 0.29) is 23.2 Å². The molecule has 0 aliphatic carbocycles. The third kappa shape index (κ3) is 3.20. The maximum atomic E-state index is 12.5. The first-order valence-corrected chi connectivity index (χ1v) is 5.48. The van der Waals surface area contributed by atoms with E-state index in [1.165, 1.54) is 0 Å². The molecular weight excluding hydrogens is 303 g/mol. The van der Waals surface area contributed by atoms with Gasteiger partial charge in [0.25, 0.3) is 5.91 Å². The number of aliphatic hydroxyl groups is 1. The third-order valence-corrected chi connectivity index (χ3v) is 2.79. The molecule has 0 aliphatic rings. The van der Waals surface area contributed by atoms with Crippen molar-refractivity contribution >= 4 is 29.2 Å². The zero-order chi connectivity index (χ0) is 15.7. The van der Waals surface area contributed by atoms with Crippen LogP contribution in [0.5, 0.6) is 0 Å². The maximum absolute atomic E-state index is 12.5. The first kappa shape index (κ1) is 16.3. The topological polar surface area (TPSA) is 86.6 Å². The molecule has 1 atom stereocenters. The van der Waals surface area contributed by atoms with Crippen molar-refractivity contribution in [2.75, 3.05) is 5.32 Å². The predicted molar refractivity (Wildman–Crippen MR) is 63.7 cm³/mol. The SMILES string of the molecule is C[C@@](O)(C(=O)Nc1cc(C(=O)O)ccc1Cl)C(F)(F)F. The number of carboxylic acid groups (broad SMARTS) is 1. The molecule has 1 rings (SSSR count). The second kappa shape index (κ2) is 5.29. The number of hydrogen-bond donors (Lipinski definition) is 3. The summed E-state index contributed by atoms with van der Waals surface area (Å²) in [5.74, 6) is -3.12. The second-order valence-electron chi connectivity index (χ2n) is 4.02. The number of anilines is 1. The van der Waals surface area contributed by atoms with Crippen LogP contribution >= 0.6 is 11.6 Å². The van der Waals surface area contributed by atoms with Gasteiger partial charge in [-0.25, -0.2) is 4.79 Å². The number of hydrogen-bond acceptors (Lipinski definition) is 3. The largest absolute Gasteiger partial charge is 0.478 e. The smallest absolute Gasteiger partial charge is 0.426 e. The first-order chi connectivity index (χ1) is 8.96. The van der Waals surface area contributed by atoms with E-state index in [0.717, 1.165) is 18.2 Å². The number of rotatable bonds is 3. The Hall–Kier alpha value is -1.80. The molecule has 0 aromatic heterocycles. The fourth-order valence-electron chi connectivity index (χ4n) is 1.13. The zero-order valence-electron chi connectivity index (χ0n) is 9.95. The standard InChI is InChI=1S/C11H9ClF3NO4/c1-10(20,11(13,14)15)9(19)16-7-4-5(8(17)18)2-3-6(7)12/h2-4,20H,1H3,(H,16,19)(H,17,18)/t10-/m1/s1. The highest BCUT2D eigenvalue weighted by Gasteiger charge is 2.55. The van der Waals surface area contributed by atoms with Crippen LogP contribution in [0.2, 0.25) is 5.02 Å². The Morgan fingerprint density at radius 3 is 2.30 bits per heavy atom. The second-order valence-corrected chi connectivity index (χ2v) is 4.43. The molecule has 0 fully saturated rings. The lowest BCUT2D eigenvalue weighted by Crippen LogP contribution is -2.52. The van der Waals surface area contributed by atoms with Gasteiger partial charge in [0.05, 0.1) is 16.3 Å². The Morgan fingerprint density at radius 2 is 1.85 bits per heavy atom. The van der Waals surface area contributed by atoms with Gasteiger partial charge in [-0.05, 0) is 25.1 Å². The summed E-state index contributed by atoms with van der Waals surface area (Å²) in [7, 11) is 0. The average Bonchev–Trinajstić information content (AvgIpc) is 2.29. The Bertz CT molecular complexity index is 557. The van der Waals surface area contributed by atoms with E-state index in [0.29, 0.717) is 0 Å². The van der Waals surface area contributed by atoms with E-state index >= 15 is 0 Å². The van der Waals surface area contributed by atoms with E-state index in [4.69, 9.17) is 21.8 Å². The number of alkyl halides is 3. The molecule has 20 heavy (non-hydrogen) atoms. The van der Waals surface area contributed by atoms with Gasteiger partial charge < -0.3 is 15.5 Å². The minimum Gasteiger partial charge on any atom is -0.478 e. The van der Waals surface area contributed by atoms with E-state index in [2.05, 4.69) is 0 Å². The fraction of sp³-hybridized carbons (Fsp3) is 0.273. The number of carbonyl (C=O) groups excluding carboxylic acids is 1. The lowest BCUT2D eigenvalue weighted by Gasteiger charge is -2.25. The van der Waals surface area contributed by atoms with Gasteiger partial charge in [0.2, 0.25) is 5.60 Å². The Labute approximate surface area is 116 Å². The number of nitrogens with one attached hydrogen (secondary N) is 1. The number of carbonyl (C=O) groups is 2. The normalized spacial score (nSPS) is 14.5. The van der Waals surface area contributed by atoms with Crippen LogP contribution in [0.15, 0.2) is 18.2 Å². The molecule has 110 valence electrons. The molecule has 0 saturated heterocycles. The zero-order valence-corrected chi connectivity index (χ0v) is 10.7. The first-order valence-electron chi connectivity index (χ1n) is 5.10. The van der Waals surface area contributed by atoms with Gasteiger partial charge in [-0.3, -0.25) is 4.79 Å². The highest BCUT2D eigenvalue weighted by Crippen LogP contribution is 2.32. The van der Waals surface area contributed by atoms with Crippen LogP contribution in [-0.2, 0) is 4.79 Å². The van der Waals surface area contributed by atoms with Gasteiger partial charge in [0.1, 0.15) is 0 Å². The quantitative estimate of drug-likeness (QED) is 0.799. The molecule has 0 radical (unpaired) electrons. The monoisotopic (exact) mass is 311 g/mol. The van der Waals surface area contributed by atoms with Crippen LogP contribution in [0.25, 0.3) is 0 Å². The molecule has 3 N–H and O–H groups in total. The third-order valence-electron chi connectivity index (χ3n) is 2.46. The van der Waals surface area contributed by atoms with Crippen molar-refractivity contribution < 1.29 is 33.0 Å². The molecule has 0 heterocycles. The maximum Gasteiger partial charge on any atom is 0.426 e. The highest BCUT2D eigenvalue weighted by molar-refractivity contribution is 6.34. The number of halogens is 4. The molecule has 9 heteroatoms. The Balaban J connectivity index is 3.08. The lowest BCUT2D eigenvalue weighted by molar-refractivity contribution is -0.242. The van der Waals surface area contributed by atoms with Crippen molar-refractivity contribution in [2.45, 2.75) is 18.7 Å². The lowest BCUT2D eigenvalue weighted by atomic mass is 10.1. The van der Waals surface area contributed by atoms with Crippen LogP contribution in [0.1, 0.15) is 17.3 Å². The van der Waals surface area contributed by atoms with Crippen LogP contribution in [0.3, 0.4) is 0 Å². The number of carboxylic acids is 1. The van der Waals surface area contributed by atoms with Crippen molar-refractivity contribution in [2.24, 2.45) is 0 Å². The summed E-state index contributed by atoms with van der Waals surface area (Å²) < 4.78 is 37.4. The van der Waals surface area contributed by atoms with Crippen molar-refractivity contribution in [1.29, 1.82) is 0 Å². The van der Waals surface area contributed by atoms with Gasteiger partial charge in [-0.2, -0.15) is 13.2 Å². The summed E-state index contributed by atoms with van der Waals surface area (Å²) in [6.07, 6.45) is -5.19. The summed E-state index contributed by atoms with van der Waals surface area (Å²) in [5, 5.41) is 19.5. The van der Waals surface area contributed by atoms with Gasteiger partial charge >= 0.3 is 12.1 Å². The van der Waals surface area contributed by atoms with E-state index in [1.807, 2.05) is 0 Å². The number of benzene rings is 1. The average molecular weight is 312 g/mol. The molecule has 5 nitrogen and oxygen atoms in total. The predicted octanol–water partition coefficient (Wildman–Crippen LogP) is 2.29. The van der Waals surface area contributed by atoms with Crippen molar-refractivity contribution in [1.82, 2.24) is 0 Å². The van der Waals surface area contributed by atoms with Crippen molar-refractivity contribution in [3.05, 3.63) is 28.8 Å². The van der Waals surface area contributed by atoms with Gasteiger partial charge in [-0.1, -0.05) is 11.6 Å². The molecule has 0 unspecified atom stereocenters. The summed E-state index contributed by atoms with van der Waals surface area (Å²) >= 11 is 5.64. The van der Waals surface area contributed by atoms with E-state index < -0.39 is 23.7 Å². The summed E-state index contributed by atoms with van der Waals surface area (Å²) in [6.45, 7) is 0.275.